The molecule has 3 rings (SSSR count). The van der Waals surface area contributed by atoms with Gasteiger partial charge in [0.1, 0.15) is 0 Å². The van der Waals surface area contributed by atoms with Crippen molar-refractivity contribution in [2.24, 2.45) is 0 Å². The molecule has 1 N–H and O–H groups in total. The second kappa shape index (κ2) is 5.84. The Labute approximate surface area is 127 Å². The van der Waals surface area contributed by atoms with Crippen LogP contribution in [0.3, 0.4) is 0 Å². The van der Waals surface area contributed by atoms with E-state index >= 15 is 0 Å². The summed E-state index contributed by atoms with van der Waals surface area (Å²) in [6, 6.07) is 4.70. The fourth-order valence-corrected chi connectivity index (χ4v) is 4.60. The number of likely N-dealkylation sites (N-methyl/N-ethyl adjacent to an activating group) is 1. The van der Waals surface area contributed by atoms with Crippen molar-refractivity contribution in [3.05, 3.63) is 33.0 Å². The van der Waals surface area contributed by atoms with Gasteiger partial charge in [0, 0.05) is 24.4 Å². The first-order chi connectivity index (χ1) is 9.65. The number of aliphatic hydroxyl groups is 1. The molecule has 0 fully saturated rings. The summed E-state index contributed by atoms with van der Waals surface area (Å²) in [5.74, 6) is 0. The molecule has 2 heterocycles. The molecule has 2 unspecified atom stereocenters. The standard InChI is InChI=1S/C15H20N2OS2/c1-10(9-11-5-4-8-19-11)17(2)15-16-12-6-3-7-13(18)14(12)20-15/h4-5,8,10,13,18H,3,6-7,9H2,1-2H3. The van der Waals surface area contributed by atoms with E-state index in [1.54, 1.807) is 11.3 Å². The van der Waals surface area contributed by atoms with E-state index in [0.29, 0.717) is 6.04 Å². The molecule has 3 nitrogen and oxygen atoms in total. The quantitative estimate of drug-likeness (QED) is 0.937. The van der Waals surface area contributed by atoms with Crippen molar-refractivity contribution >= 4 is 27.8 Å². The molecule has 0 amide bonds. The zero-order valence-electron chi connectivity index (χ0n) is 11.9. The molecule has 108 valence electrons. The van der Waals surface area contributed by atoms with E-state index in [4.69, 9.17) is 4.98 Å². The number of nitrogens with zero attached hydrogens (tertiary/aromatic N) is 2. The van der Waals surface area contributed by atoms with Crippen molar-refractivity contribution in [3.63, 3.8) is 0 Å². The third kappa shape index (κ3) is 2.75. The van der Waals surface area contributed by atoms with Gasteiger partial charge in [0.15, 0.2) is 5.13 Å². The summed E-state index contributed by atoms with van der Waals surface area (Å²) < 4.78 is 0. The molecule has 0 spiro atoms. The van der Waals surface area contributed by atoms with Crippen molar-refractivity contribution < 1.29 is 5.11 Å². The lowest BCUT2D eigenvalue weighted by molar-refractivity contribution is 0.160. The van der Waals surface area contributed by atoms with Crippen LogP contribution in [0.4, 0.5) is 5.13 Å². The number of anilines is 1. The zero-order valence-corrected chi connectivity index (χ0v) is 13.5. The molecule has 1 aliphatic carbocycles. The summed E-state index contributed by atoms with van der Waals surface area (Å²) >= 11 is 3.47. The summed E-state index contributed by atoms with van der Waals surface area (Å²) in [6.45, 7) is 2.23. The van der Waals surface area contributed by atoms with Gasteiger partial charge in [-0.2, -0.15) is 0 Å². The highest BCUT2D eigenvalue weighted by atomic mass is 32.1. The monoisotopic (exact) mass is 308 g/mol. The molecule has 0 aliphatic heterocycles. The molecule has 0 radical (unpaired) electrons. The average molecular weight is 308 g/mol. The van der Waals surface area contributed by atoms with E-state index < -0.39 is 0 Å². The molecule has 0 bridgehead atoms. The van der Waals surface area contributed by atoms with Crippen molar-refractivity contribution in [2.45, 2.75) is 44.8 Å². The van der Waals surface area contributed by atoms with Crippen LogP contribution in [0, 0.1) is 0 Å². The molecule has 5 heteroatoms. The zero-order chi connectivity index (χ0) is 14.1. The summed E-state index contributed by atoms with van der Waals surface area (Å²) in [4.78, 5) is 9.48. The molecule has 0 saturated carbocycles. The maximum atomic E-state index is 10.1. The predicted molar refractivity (Wildman–Crippen MR) is 85.9 cm³/mol. The lowest BCUT2D eigenvalue weighted by Gasteiger charge is -2.23. The van der Waals surface area contributed by atoms with Crippen LogP contribution in [0.2, 0.25) is 0 Å². The first kappa shape index (κ1) is 14.0. The number of aliphatic hydroxyl groups excluding tert-OH is 1. The minimum Gasteiger partial charge on any atom is -0.388 e. The van der Waals surface area contributed by atoms with Crippen LogP contribution in [0.15, 0.2) is 17.5 Å². The Balaban J connectivity index is 1.75. The van der Waals surface area contributed by atoms with Crippen molar-refractivity contribution in [1.29, 1.82) is 0 Å². The number of thiophene rings is 1. The third-order valence-electron chi connectivity index (χ3n) is 3.95. The van der Waals surface area contributed by atoms with Gasteiger partial charge in [-0.1, -0.05) is 17.4 Å². The maximum absolute atomic E-state index is 10.1. The fourth-order valence-electron chi connectivity index (χ4n) is 2.58. The first-order valence-electron chi connectivity index (χ1n) is 7.08. The summed E-state index contributed by atoms with van der Waals surface area (Å²) in [7, 11) is 2.11. The first-order valence-corrected chi connectivity index (χ1v) is 8.77. The van der Waals surface area contributed by atoms with E-state index in [9.17, 15) is 5.11 Å². The molecular weight excluding hydrogens is 288 g/mol. The number of rotatable bonds is 4. The summed E-state index contributed by atoms with van der Waals surface area (Å²) in [5.41, 5.74) is 1.11. The van der Waals surface area contributed by atoms with Gasteiger partial charge < -0.3 is 10.0 Å². The second-order valence-corrected chi connectivity index (χ2v) is 7.50. The summed E-state index contributed by atoms with van der Waals surface area (Å²) in [5, 5.41) is 13.2. The predicted octanol–water partition coefficient (Wildman–Crippen LogP) is 3.64. The fraction of sp³-hybridized carbons (Fsp3) is 0.533. The lowest BCUT2D eigenvalue weighted by atomic mass is 10.0. The molecule has 20 heavy (non-hydrogen) atoms. The largest absolute Gasteiger partial charge is 0.388 e. The van der Waals surface area contributed by atoms with Gasteiger partial charge in [0.2, 0.25) is 0 Å². The van der Waals surface area contributed by atoms with Crippen LogP contribution in [-0.4, -0.2) is 23.2 Å². The van der Waals surface area contributed by atoms with E-state index in [1.165, 1.54) is 4.88 Å². The van der Waals surface area contributed by atoms with Crippen LogP contribution in [-0.2, 0) is 12.8 Å². The minimum absolute atomic E-state index is 0.300. The van der Waals surface area contributed by atoms with E-state index in [2.05, 4.69) is 36.4 Å². The van der Waals surface area contributed by atoms with Crippen LogP contribution in [0.25, 0.3) is 0 Å². The normalized spacial score (nSPS) is 19.6. The number of aromatic nitrogens is 1. The number of aryl methyl sites for hydroxylation is 1. The van der Waals surface area contributed by atoms with Gasteiger partial charge in [-0.3, -0.25) is 0 Å². The average Bonchev–Trinajstić information content (AvgIpc) is 3.07. The van der Waals surface area contributed by atoms with Gasteiger partial charge in [-0.05, 0) is 37.6 Å². The maximum Gasteiger partial charge on any atom is 0.185 e. The Morgan fingerprint density at radius 3 is 3.10 bits per heavy atom. The van der Waals surface area contributed by atoms with Gasteiger partial charge in [0.05, 0.1) is 16.7 Å². The molecule has 2 atom stereocenters. The van der Waals surface area contributed by atoms with Crippen LogP contribution in [0.5, 0.6) is 0 Å². The SMILES string of the molecule is CC(Cc1cccs1)N(C)c1nc2c(s1)C(O)CCC2. The number of fused-ring (bicyclic) bond motifs is 1. The van der Waals surface area contributed by atoms with Gasteiger partial charge in [0.25, 0.3) is 0 Å². The smallest absolute Gasteiger partial charge is 0.185 e. The van der Waals surface area contributed by atoms with Gasteiger partial charge in [-0.25, -0.2) is 4.98 Å². The molecular formula is C15H20N2OS2. The number of hydrogen-bond donors (Lipinski definition) is 1. The van der Waals surface area contributed by atoms with E-state index in [0.717, 1.165) is 41.4 Å². The topological polar surface area (TPSA) is 36.4 Å². The van der Waals surface area contributed by atoms with Crippen molar-refractivity contribution in [2.75, 3.05) is 11.9 Å². The summed E-state index contributed by atoms with van der Waals surface area (Å²) in [6.07, 6.45) is 3.68. The Morgan fingerprint density at radius 2 is 2.40 bits per heavy atom. The van der Waals surface area contributed by atoms with E-state index in [1.807, 2.05) is 11.3 Å². The Kier molecular flexibility index (Phi) is 4.10. The third-order valence-corrected chi connectivity index (χ3v) is 6.14. The lowest BCUT2D eigenvalue weighted by Crippen LogP contribution is -2.30. The second-order valence-electron chi connectivity index (χ2n) is 5.46. The molecule has 0 saturated heterocycles. The minimum atomic E-state index is -0.300. The highest BCUT2D eigenvalue weighted by molar-refractivity contribution is 7.15. The van der Waals surface area contributed by atoms with Crippen LogP contribution in [0.1, 0.15) is 41.3 Å². The molecule has 1 aliphatic rings. The van der Waals surface area contributed by atoms with Crippen LogP contribution < -0.4 is 4.90 Å². The van der Waals surface area contributed by atoms with Gasteiger partial charge in [-0.15, -0.1) is 11.3 Å². The Hall–Kier alpha value is -0.910. The number of hydrogen-bond acceptors (Lipinski definition) is 5. The van der Waals surface area contributed by atoms with Crippen LogP contribution >= 0.6 is 22.7 Å². The van der Waals surface area contributed by atoms with E-state index in [-0.39, 0.29) is 6.10 Å². The molecule has 2 aromatic rings. The molecule has 2 aromatic heterocycles. The Bertz CT molecular complexity index is 564. The molecule has 0 aromatic carbocycles. The highest BCUT2D eigenvalue weighted by Gasteiger charge is 2.25. The van der Waals surface area contributed by atoms with Gasteiger partial charge >= 0.3 is 0 Å². The van der Waals surface area contributed by atoms with Crippen molar-refractivity contribution in [1.82, 2.24) is 4.98 Å². The highest BCUT2D eigenvalue weighted by Crippen LogP contribution is 2.37. The Morgan fingerprint density at radius 1 is 1.55 bits per heavy atom. The number of thiazole rings is 1. The van der Waals surface area contributed by atoms with Crippen molar-refractivity contribution in [3.8, 4) is 0 Å².